The molecule has 1 atom stereocenters. The Morgan fingerprint density at radius 3 is 2.55 bits per heavy atom. The Kier molecular flexibility index (Phi) is 10.9. The third kappa shape index (κ3) is 9.06. The van der Waals surface area contributed by atoms with Crippen LogP contribution in [0.4, 0.5) is 10.9 Å². The fourth-order valence-corrected chi connectivity index (χ4v) is 4.79. The van der Waals surface area contributed by atoms with E-state index in [4.69, 9.17) is 4.74 Å². The van der Waals surface area contributed by atoms with Crippen molar-refractivity contribution in [2.24, 2.45) is 0 Å². The van der Waals surface area contributed by atoms with Crippen LogP contribution in [-0.4, -0.2) is 43.9 Å². The number of nitrogens with zero attached hydrogens (tertiary/aromatic N) is 4. The van der Waals surface area contributed by atoms with Gasteiger partial charge in [0.2, 0.25) is 11.0 Å². The molecule has 2 amide bonds. The van der Waals surface area contributed by atoms with Gasteiger partial charge in [0.25, 0.3) is 5.91 Å². The van der Waals surface area contributed by atoms with Gasteiger partial charge in [0, 0.05) is 6.42 Å². The Balaban J connectivity index is 1.15. The monoisotopic (exact) mass is 562 g/mol. The number of aryl methyl sites for hydroxylation is 2. The summed E-state index contributed by atoms with van der Waals surface area (Å²) in [5.41, 5.74) is 2.34. The number of rotatable bonds is 14. The molecule has 11 heteroatoms. The summed E-state index contributed by atoms with van der Waals surface area (Å²) in [5.74, 6) is 0.473. The van der Waals surface area contributed by atoms with Crippen molar-refractivity contribution in [1.82, 2.24) is 20.4 Å². The molecule has 4 rings (SSSR count). The van der Waals surface area contributed by atoms with Gasteiger partial charge in [0.1, 0.15) is 10.8 Å². The van der Waals surface area contributed by atoms with Crippen molar-refractivity contribution in [1.29, 1.82) is 0 Å². The van der Waals surface area contributed by atoms with Crippen LogP contribution in [0.2, 0.25) is 0 Å². The predicted molar refractivity (Wildman–Crippen MR) is 154 cm³/mol. The normalized spacial score (nSPS) is 13.4. The summed E-state index contributed by atoms with van der Waals surface area (Å²) in [6, 6.07) is 10.5. The third-order valence-corrected chi connectivity index (χ3v) is 7.01. The van der Waals surface area contributed by atoms with Crippen LogP contribution in [0.25, 0.3) is 0 Å². The zero-order valence-electron chi connectivity index (χ0n) is 22.5. The summed E-state index contributed by atoms with van der Waals surface area (Å²) in [4.78, 5) is 24.7. The maximum absolute atomic E-state index is 12.5. The molecule has 1 unspecified atom stereocenters. The van der Waals surface area contributed by atoms with Crippen molar-refractivity contribution >= 4 is 34.1 Å². The van der Waals surface area contributed by atoms with E-state index in [1.165, 1.54) is 11.3 Å². The van der Waals surface area contributed by atoms with E-state index < -0.39 is 12.0 Å². The second-order valence-electron chi connectivity index (χ2n) is 9.41. The molecule has 10 nitrogen and oxygen atoms in total. The summed E-state index contributed by atoms with van der Waals surface area (Å²) in [7, 11) is 0. The molecule has 1 aromatic carbocycles. The number of carbonyl (C=O) groups excluding carboxylic acids is 2. The molecule has 0 aliphatic heterocycles. The van der Waals surface area contributed by atoms with E-state index in [-0.39, 0.29) is 5.91 Å². The van der Waals surface area contributed by atoms with E-state index in [0.717, 1.165) is 54.8 Å². The lowest BCUT2D eigenvalue weighted by Gasteiger charge is -2.11. The average Bonchev–Trinajstić information content (AvgIpc) is 3.42. The quantitative estimate of drug-likeness (QED) is 0.234. The highest BCUT2D eigenvalue weighted by molar-refractivity contribution is 7.15. The first-order valence-electron chi connectivity index (χ1n) is 13.5. The number of anilines is 2. The smallest absolute Gasteiger partial charge is 0.259 e. The first-order valence-corrected chi connectivity index (χ1v) is 14.3. The van der Waals surface area contributed by atoms with E-state index in [1.807, 2.05) is 19.1 Å². The number of allylic oxidation sites excluding steroid dienone is 3. The lowest BCUT2D eigenvalue weighted by molar-refractivity contribution is -0.124. The molecule has 0 spiro atoms. The summed E-state index contributed by atoms with van der Waals surface area (Å²) in [5, 5.41) is 33.5. The molecule has 1 aliphatic carbocycles. The van der Waals surface area contributed by atoms with Gasteiger partial charge < -0.3 is 15.2 Å². The predicted octanol–water partition coefficient (Wildman–Crippen LogP) is 4.96. The minimum Gasteiger partial charge on any atom is -0.494 e. The van der Waals surface area contributed by atoms with Crippen molar-refractivity contribution < 1.29 is 19.4 Å². The first kappa shape index (κ1) is 29.0. The number of carbonyl (C=O) groups is 2. The average molecular weight is 563 g/mol. The molecule has 3 aromatic rings. The van der Waals surface area contributed by atoms with Crippen LogP contribution < -0.4 is 15.4 Å². The van der Waals surface area contributed by atoms with E-state index in [1.54, 1.807) is 30.3 Å². The zero-order chi connectivity index (χ0) is 28.2. The molecule has 2 heterocycles. The molecule has 0 radical (unpaired) electrons. The number of aliphatic hydroxyl groups is 1. The highest BCUT2D eigenvalue weighted by Gasteiger charge is 2.19. The largest absolute Gasteiger partial charge is 0.494 e. The lowest BCUT2D eigenvalue weighted by atomic mass is 10.0. The SMILES string of the molecule is CCCOc1ccc(C(O)C(=O)Nc2nnc(CCCCc3ccc(NC(=O)CC4=CCCC=C4)nn3)s2)cc1. The van der Waals surface area contributed by atoms with Crippen LogP contribution in [0.1, 0.15) is 67.8 Å². The number of unbranched alkanes of at least 4 members (excludes halogenated alkanes) is 1. The van der Waals surface area contributed by atoms with Crippen molar-refractivity contribution in [2.75, 3.05) is 17.2 Å². The Bertz CT molecular complexity index is 1320. The van der Waals surface area contributed by atoms with Gasteiger partial charge in [-0.25, -0.2) is 0 Å². The molecule has 40 heavy (non-hydrogen) atoms. The number of ether oxygens (including phenoxy) is 1. The van der Waals surface area contributed by atoms with Gasteiger partial charge in [-0.1, -0.05) is 48.6 Å². The fraction of sp³-hybridized carbons (Fsp3) is 0.379. The van der Waals surface area contributed by atoms with Crippen LogP contribution in [0.15, 0.2) is 60.2 Å². The first-order chi connectivity index (χ1) is 19.5. The van der Waals surface area contributed by atoms with Gasteiger partial charge >= 0.3 is 0 Å². The molecule has 3 N–H and O–H groups in total. The maximum atomic E-state index is 12.5. The zero-order valence-corrected chi connectivity index (χ0v) is 23.3. The molecule has 0 bridgehead atoms. The maximum Gasteiger partial charge on any atom is 0.259 e. The number of amides is 2. The number of hydrogen-bond acceptors (Lipinski definition) is 9. The number of aromatic nitrogens is 4. The molecular weight excluding hydrogens is 528 g/mol. The third-order valence-electron chi connectivity index (χ3n) is 6.11. The minimum atomic E-state index is -1.32. The minimum absolute atomic E-state index is 0.103. The van der Waals surface area contributed by atoms with E-state index in [2.05, 4.69) is 43.2 Å². The Morgan fingerprint density at radius 2 is 1.82 bits per heavy atom. The van der Waals surface area contributed by atoms with Crippen molar-refractivity contribution in [3.05, 3.63) is 76.5 Å². The Morgan fingerprint density at radius 1 is 1.00 bits per heavy atom. The summed E-state index contributed by atoms with van der Waals surface area (Å²) < 4.78 is 5.53. The number of benzene rings is 1. The Hall–Kier alpha value is -3.96. The molecule has 0 saturated carbocycles. The van der Waals surface area contributed by atoms with E-state index in [9.17, 15) is 14.7 Å². The number of hydrogen-bond donors (Lipinski definition) is 3. The summed E-state index contributed by atoms with van der Waals surface area (Å²) >= 11 is 1.29. The van der Waals surface area contributed by atoms with Gasteiger partial charge in [0.05, 0.1) is 18.7 Å². The second kappa shape index (κ2) is 15.0. The second-order valence-corrected chi connectivity index (χ2v) is 10.5. The fourth-order valence-electron chi connectivity index (χ4n) is 4.01. The molecule has 0 fully saturated rings. The van der Waals surface area contributed by atoms with Crippen molar-refractivity contribution in [3.63, 3.8) is 0 Å². The van der Waals surface area contributed by atoms with E-state index >= 15 is 0 Å². The molecule has 210 valence electrons. The highest BCUT2D eigenvalue weighted by atomic mass is 32.1. The molecule has 1 aliphatic rings. The molecule has 2 aromatic heterocycles. The standard InChI is InChI=1S/C29H34N6O4S/c1-2-18-39-23-15-12-21(13-16-23)27(37)28(38)31-29-35-34-26(40-29)11-7-6-10-22-14-17-24(33-32-22)30-25(36)19-20-8-4-3-5-9-20/h4,8-9,12-17,27,37H,2-3,5-7,10-11,18-19H2,1H3,(H,30,33,36)(H,31,35,38). The summed E-state index contributed by atoms with van der Waals surface area (Å²) in [6.07, 6.45) is 11.3. The topological polar surface area (TPSA) is 139 Å². The highest BCUT2D eigenvalue weighted by Crippen LogP contribution is 2.22. The van der Waals surface area contributed by atoms with Gasteiger partial charge in [-0.15, -0.1) is 15.3 Å². The molecular formula is C29H34N6O4S. The van der Waals surface area contributed by atoms with Gasteiger partial charge in [0.15, 0.2) is 11.9 Å². The van der Waals surface area contributed by atoms with Crippen LogP contribution in [0.3, 0.4) is 0 Å². The van der Waals surface area contributed by atoms with Crippen LogP contribution in [0.5, 0.6) is 5.75 Å². The van der Waals surface area contributed by atoms with Crippen LogP contribution in [0, 0.1) is 0 Å². The van der Waals surface area contributed by atoms with Gasteiger partial charge in [-0.3, -0.25) is 14.9 Å². The molecule has 0 saturated heterocycles. The van der Waals surface area contributed by atoms with Crippen LogP contribution >= 0.6 is 11.3 Å². The van der Waals surface area contributed by atoms with Crippen molar-refractivity contribution in [2.45, 2.75) is 64.4 Å². The summed E-state index contributed by atoms with van der Waals surface area (Å²) in [6.45, 7) is 2.64. The van der Waals surface area contributed by atoms with Gasteiger partial charge in [-0.05, 0) is 73.9 Å². The van der Waals surface area contributed by atoms with E-state index in [0.29, 0.717) is 41.7 Å². The van der Waals surface area contributed by atoms with Gasteiger partial charge in [-0.2, -0.15) is 5.10 Å². The number of nitrogens with one attached hydrogen (secondary N) is 2. The number of aliphatic hydroxyl groups excluding tert-OH is 1. The van der Waals surface area contributed by atoms with Crippen molar-refractivity contribution in [3.8, 4) is 5.75 Å². The lowest BCUT2D eigenvalue weighted by Crippen LogP contribution is -2.20. The van der Waals surface area contributed by atoms with Crippen LogP contribution in [-0.2, 0) is 22.4 Å². The Labute approximate surface area is 237 Å².